The molecule has 106 valence electrons. The number of rotatable bonds is 6. The number of nitrogens with zero attached hydrogens (tertiary/aromatic N) is 3. The average molecular weight is 325 g/mol. The van der Waals surface area contributed by atoms with Crippen LogP contribution >= 0.6 is 34.8 Å². The second-order valence-electron chi connectivity index (χ2n) is 5.79. The lowest BCUT2D eigenvalue weighted by Crippen LogP contribution is -2.45. The molecule has 0 aromatic carbocycles. The molecule has 0 saturated heterocycles. The van der Waals surface area contributed by atoms with E-state index in [0.717, 1.165) is 25.7 Å². The van der Waals surface area contributed by atoms with Crippen molar-refractivity contribution in [3.8, 4) is 0 Å². The Bertz CT molecular complexity index is 461. The molecule has 2 aliphatic carbocycles. The van der Waals surface area contributed by atoms with Crippen molar-refractivity contribution in [2.24, 2.45) is 5.92 Å². The van der Waals surface area contributed by atoms with Gasteiger partial charge in [0.05, 0.1) is 11.4 Å². The highest BCUT2D eigenvalue weighted by Gasteiger charge is 2.59. The van der Waals surface area contributed by atoms with Crippen molar-refractivity contribution in [3.63, 3.8) is 0 Å². The SMILES string of the molecule is O[C@](CC[C@H]1CC1(Cl)Cl)(Cn1cncn1)C1(Cl)CC1. The van der Waals surface area contributed by atoms with E-state index in [1.807, 2.05) is 0 Å². The van der Waals surface area contributed by atoms with Crippen LogP contribution in [-0.4, -0.2) is 34.7 Å². The van der Waals surface area contributed by atoms with E-state index in [1.165, 1.54) is 6.33 Å². The Morgan fingerprint density at radius 2 is 2.05 bits per heavy atom. The minimum Gasteiger partial charge on any atom is -0.386 e. The summed E-state index contributed by atoms with van der Waals surface area (Å²) in [7, 11) is 0. The van der Waals surface area contributed by atoms with Gasteiger partial charge in [-0.3, -0.25) is 4.68 Å². The Labute approximate surface area is 127 Å². The molecule has 1 aromatic rings. The highest BCUT2D eigenvalue weighted by atomic mass is 35.5. The molecule has 1 heterocycles. The zero-order chi connectivity index (χ0) is 13.7. The van der Waals surface area contributed by atoms with Crippen LogP contribution in [0.2, 0.25) is 0 Å². The van der Waals surface area contributed by atoms with Crippen LogP contribution in [0.25, 0.3) is 0 Å². The fourth-order valence-corrected chi connectivity index (χ4v) is 3.44. The molecule has 0 radical (unpaired) electrons. The summed E-state index contributed by atoms with van der Waals surface area (Å²) in [4.78, 5) is 3.36. The van der Waals surface area contributed by atoms with E-state index in [4.69, 9.17) is 34.8 Å². The van der Waals surface area contributed by atoms with Crippen molar-refractivity contribution in [1.82, 2.24) is 14.8 Å². The zero-order valence-corrected chi connectivity index (χ0v) is 12.7. The number of hydrogen-bond acceptors (Lipinski definition) is 3. The number of aliphatic hydroxyl groups is 1. The molecule has 1 N–H and O–H groups in total. The Kier molecular flexibility index (Phi) is 3.29. The van der Waals surface area contributed by atoms with Crippen LogP contribution in [0.4, 0.5) is 0 Å². The monoisotopic (exact) mass is 323 g/mol. The molecule has 0 aliphatic heterocycles. The van der Waals surface area contributed by atoms with Gasteiger partial charge in [-0.05, 0) is 38.0 Å². The Hall–Kier alpha value is -0.0300. The first kappa shape index (κ1) is 13.9. The molecule has 0 spiro atoms. The van der Waals surface area contributed by atoms with Crippen molar-refractivity contribution in [2.75, 3.05) is 0 Å². The molecule has 0 bridgehead atoms. The third kappa shape index (κ3) is 2.73. The van der Waals surface area contributed by atoms with Gasteiger partial charge < -0.3 is 5.11 Å². The van der Waals surface area contributed by atoms with E-state index in [0.29, 0.717) is 13.0 Å². The maximum Gasteiger partial charge on any atom is 0.137 e. The van der Waals surface area contributed by atoms with Gasteiger partial charge in [0.25, 0.3) is 0 Å². The minimum absolute atomic E-state index is 0.261. The summed E-state index contributed by atoms with van der Waals surface area (Å²) in [6.07, 6.45) is 6.88. The molecule has 7 heteroatoms. The quantitative estimate of drug-likeness (QED) is 0.819. The summed E-state index contributed by atoms with van der Waals surface area (Å²) in [5.74, 6) is 0.261. The van der Waals surface area contributed by atoms with E-state index in [-0.39, 0.29) is 5.92 Å². The number of halogens is 3. The first-order chi connectivity index (χ1) is 8.85. The normalized spacial score (nSPS) is 29.8. The molecular formula is C12H16Cl3N3O. The molecule has 1 aromatic heterocycles. The van der Waals surface area contributed by atoms with Crippen molar-refractivity contribution in [3.05, 3.63) is 12.7 Å². The van der Waals surface area contributed by atoms with Gasteiger partial charge in [0, 0.05) is 0 Å². The van der Waals surface area contributed by atoms with Crippen LogP contribution in [-0.2, 0) is 6.54 Å². The Morgan fingerprint density at radius 1 is 1.37 bits per heavy atom. The van der Waals surface area contributed by atoms with Crippen LogP contribution in [0.5, 0.6) is 0 Å². The van der Waals surface area contributed by atoms with Gasteiger partial charge in [-0.15, -0.1) is 34.8 Å². The van der Waals surface area contributed by atoms with Crippen molar-refractivity contribution < 1.29 is 5.11 Å². The van der Waals surface area contributed by atoms with Crippen molar-refractivity contribution in [2.45, 2.75) is 53.5 Å². The maximum absolute atomic E-state index is 10.9. The molecule has 3 rings (SSSR count). The van der Waals surface area contributed by atoms with Gasteiger partial charge in [-0.1, -0.05) is 0 Å². The smallest absolute Gasteiger partial charge is 0.137 e. The van der Waals surface area contributed by atoms with E-state index >= 15 is 0 Å². The molecular weight excluding hydrogens is 309 g/mol. The van der Waals surface area contributed by atoms with E-state index in [1.54, 1.807) is 11.0 Å². The molecule has 2 saturated carbocycles. The molecule has 4 nitrogen and oxygen atoms in total. The van der Waals surface area contributed by atoms with Crippen LogP contribution in [0.3, 0.4) is 0 Å². The Morgan fingerprint density at radius 3 is 2.53 bits per heavy atom. The van der Waals surface area contributed by atoms with Gasteiger partial charge in [0.1, 0.15) is 22.6 Å². The first-order valence-electron chi connectivity index (χ1n) is 6.46. The van der Waals surface area contributed by atoms with Gasteiger partial charge in [0.15, 0.2) is 0 Å². The van der Waals surface area contributed by atoms with E-state index < -0.39 is 14.8 Å². The molecule has 2 aliphatic rings. The Balaban J connectivity index is 1.67. The van der Waals surface area contributed by atoms with Crippen LogP contribution in [0, 0.1) is 5.92 Å². The van der Waals surface area contributed by atoms with Crippen LogP contribution in [0.1, 0.15) is 32.1 Å². The summed E-state index contributed by atoms with van der Waals surface area (Å²) in [6.45, 7) is 0.362. The molecule has 0 amide bonds. The van der Waals surface area contributed by atoms with Gasteiger partial charge >= 0.3 is 0 Å². The average Bonchev–Trinajstić information content (AvgIpc) is 3.14. The predicted molar refractivity (Wildman–Crippen MR) is 74.6 cm³/mol. The molecule has 0 unspecified atom stereocenters. The van der Waals surface area contributed by atoms with Gasteiger partial charge in [-0.2, -0.15) is 5.10 Å². The molecule has 19 heavy (non-hydrogen) atoms. The third-order valence-electron chi connectivity index (χ3n) is 4.28. The number of hydrogen-bond donors (Lipinski definition) is 1. The summed E-state index contributed by atoms with van der Waals surface area (Å²) >= 11 is 18.5. The highest BCUT2D eigenvalue weighted by Crippen LogP contribution is 2.58. The van der Waals surface area contributed by atoms with Crippen molar-refractivity contribution in [1.29, 1.82) is 0 Å². The second kappa shape index (κ2) is 4.48. The topological polar surface area (TPSA) is 50.9 Å². The summed E-state index contributed by atoms with van der Waals surface area (Å²) in [5.41, 5.74) is -0.977. The highest BCUT2D eigenvalue weighted by molar-refractivity contribution is 6.50. The largest absolute Gasteiger partial charge is 0.386 e. The lowest BCUT2D eigenvalue weighted by Gasteiger charge is -2.33. The van der Waals surface area contributed by atoms with E-state index in [9.17, 15) is 5.11 Å². The van der Waals surface area contributed by atoms with Gasteiger partial charge in [0.2, 0.25) is 0 Å². The zero-order valence-electron chi connectivity index (χ0n) is 10.4. The summed E-state index contributed by atoms with van der Waals surface area (Å²) in [6, 6.07) is 0. The van der Waals surface area contributed by atoms with Crippen LogP contribution in [0.15, 0.2) is 12.7 Å². The first-order valence-corrected chi connectivity index (χ1v) is 7.60. The minimum atomic E-state index is -0.977. The predicted octanol–water partition coefficient (Wildman–Crippen LogP) is 2.75. The van der Waals surface area contributed by atoms with Crippen molar-refractivity contribution >= 4 is 34.8 Å². The number of aromatic nitrogens is 3. The third-order valence-corrected chi connectivity index (χ3v) is 5.93. The van der Waals surface area contributed by atoms with E-state index in [2.05, 4.69) is 10.1 Å². The lowest BCUT2D eigenvalue weighted by molar-refractivity contribution is -0.00374. The lowest BCUT2D eigenvalue weighted by atomic mass is 9.90. The maximum atomic E-state index is 10.9. The summed E-state index contributed by atoms with van der Waals surface area (Å²) < 4.78 is 1.03. The standard InChI is InChI=1S/C12H16Cl3N3O/c13-10(3-4-10)11(19,6-18-8-16-7-17-18)2-1-9-5-12(9,14)15/h7-9,19H,1-6H2/t9-,11+/m0/s1. The molecule has 2 atom stereocenters. The fraction of sp³-hybridized carbons (Fsp3) is 0.833. The summed E-state index contributed by atoms with van der Waals surface area (Å²) in [5, 5.41) is 15.0. The fourth-order valence-electron chi connectivity index (χ4n) is 2.60. The second-order valence-corrected chi connectivity index (χ2v) is 8.06. The molecule has 2 fully saturated rings. The number of alkyl halides is 3. The van der Waals surface area contributed by atoms with Crippen LogP contribution < -0.4 is 0 Å². The van der Waals surface area contributed by atoms with Gasteiger partial charge in [-0.25, -0.2) is 4.98 Å².